The van der Waals surface area contributed by atoms with E-state index in [0.29, 0.717) is 61.7 Å². The first-order valence-corrected chi connectivity index (χ1v) is 22.4. The van der Waals surface area contributed by atoms with Crippen LogP contribution in [-0.4, -0.2) is 55.2 Å². The summed E-state index contributed by atoms with van der Waals surface area (Å²) in [6, 6.07) is 20.7. The van der Waals surface area contributed by atoms with Gasteiger partial charge in [-0.1, -0.05) is 95.2 Å². The monoisotopic (exact) mass is 807 g/mol. The van der Waals surface area contributed by atoms with Crippen molar-refractivity contribution in [1.29, 1.82) is 0 Å². The third-order valence-electron chi connectivity index (χ3n) is 12.5. The van der Waals surface area contributed by atoms with Crippen LogP contribution in [0.3, 0.4) is 0 Å². The van der Waals surface area contributed by atoms with Gasteiger partial charge in [0, 0.05) is 16.6 Å². The molecule has 0 radical (unpaired) electrons. The smallest absolute Gasteiger partial charge is 0.333 e. The van der Waals surface area contributed by atoms with Crippen LogP contribution in [0.1, 0.15) is 145 Å². The molecule has 3 aromatic carbocycles. The summed E-state index contributed by atoms with van der Waals surface area (Å²) in [5.41, 5.74) is 9.65. The van der Waals surface area contributed by atoms with Crippen LogP contribution in [0.25, 0.3) is 22.3 Å². The fourth-order valence-corrected chi connectivity index (χ4v) is 8.33. The predicted molar refractivity (Wildman–Crippen MR) is 239 cm³/mol. The number of hydrogen-bond acceptors (Lipinski definition) is 7. The Kier molecular flexibility index (Phi) is 17.4. The van der Waals surface area contributed by atoms with E-state index in [-0.39, 0.29) is 26.4 Å². The molecule has 0 amide bonds. The van der Waals surface area contributed by atoms with E-state index < -0.39 is 17.4 Å². The van der Waals surface area contributed by atoms with E-state index in [2.05, 4.69) is 74.7 Å². The van der Waals surface area contributed by atoms with Crippen molar-refractivity contribution >= 4 is 11.9 Å². The molecule has 320 valence electrons. The van der Waals surface area contributed by atoms with Gasteiger partial charge in [0.1, 0.15) is 5.75 Å². The van der Waals surface area contributed by atoms with E-state index in [4.69, 9.17) is 14.2 Å². The maximum Gasteiger partial charge on any atom is 0.333 e. The van der Waals surface area contributed by atoms with Gasteiger partial charge in [-0.3, -0.25) is 0 Å². The van der Waals surface area contributed by atoms with Crippen molar-refractivity contribution in [3.63, 3.8) is 0 Å². The molecule has 0 aromatic heterocycles. The van der Waals surface area contributed by atoms with E-state index in [9.17, 15) is 19.8 Å². The van der Waals surface area contributed by atoms with Gasteiger partial charge in [-0.2, -0.15) is 0 Å². The van der Waals surface area contributed by atoms with Crippen LogP contribution in [0.15, 0.2) is 78.9 Å². The molecular formula is C52H70O7. The average molecular weight is 807 g/mol. The van der Waals surface area contributed by atoms with Crippen molar-refractivity contribution in [3.05, 3.63) is 101 Å². The molecule has 7 nitrogen and oxygen atoms in total. The Bertz CT molecular complexity index is 1800. The second-order valence-electron chi connectivity index (χ2n) is 17.8. The summed E-state index contributed by atoms with van der Waals surface area (Å²) in [6.45, 7) is 15.3. The predicted octanol–water partition coefficient (Wildman–Crippen LogP) is 11.6. The van der Waals surface area contributed by atoms with Gasteiger partial charge in [0.25, 0.3) is 0 Å². The van der Waals surface area contributed by atoms with Crippen molar-refractivity contribution in [2.45, 2.75) is 136 Å². The maximum absolute atomic E-state index is 12.2. The van der Waals surface area contributed by atoms with Crippen LogP contribution in [-0.2, 0) is 31.9 Å². The van der Waals surface area contributed by atoms with Crippen LogP contribution in [0.2, 0.25) is 0 Å². The first-order chi connectivity index (χ1) is 28.4. The second kappa shape index (κ2) is 22.4. The van der Waals surface area contributed by atoms with Crippen molar-refractivity contribution < 1.29 is 34.0 Å². The van der Waals surface area contributed by atoms with Crippen LogP contribution in [0.4, 0.5) is 0 Å². The lowest BCUT2D eigenvalue weighted by Crippen LogP contribution is -2.28. The lowest BCUT2D eigenvalue weighted by Gasteiger charge is -2.29. The van der Waals surface area contributed by atoms with E-state index in [1.54, 1.807) is 13.8 Å². The third-order valence-corrected chi connectivity index (χ3v) is 12.5. The Morgan fingerprint density at radius 1 is 0.695 bits per heavy atom. The van der Waals surface area contributed by atoms with Crippen molar-refractivity contribution in [2.75, 3.05) is 33.0 Å². The highest BCUT2D eigenvalue weighted by Crippen LogP contribution is 2.47. The largest absolute Gasteiger partial charge is 0.493 e. The number of rotatable bonds is 24. The molecule has 59 heavy (non-hydrogen) atoms. The fraction of sp³-hybridized carbons (Fsp3) is 0.538. The number of carbonyl (C=O) groups excluding carboxylic acids is 2. The molecule has 0 unspecified atom stereocenters. The summed E-state index contributed by atoms with van der Waals surface area (Å²) < 4.78 is 17.5. The van der Waals surface area contributed by atoms with E-state index in [1.165, 1.54) is 79.2 Å². The third kappa shape index (κ3) is 13.4. The molecular weight excluding hydrogens is 737 g/mol. The van der Waals surface area contributed by atoms with Gasteiger partial charge in [0.2, 0.25) is 0 Å². The first kappa shape index (κ1) is 45.9. The van der Waals surface area contributed by atoms with Gasteiger partial charge in [-0.05, 0) is 159 Å². The lowest BCUT2D eigenvalue weighted by atomic mass is 9.77. The molecule has 0 aliphatic heterocycles. The topological polar surface area (TPSA) is 102 Å². The molecule has 7 heteroatoms. The highest BCUT2D eigenvalue weighted by Gasteiger charge is 2.29. The summed E-state index contributed by atoms with van der Waals surface area (Å²) in [5, 5.41) is 19.9. The van der Waals surface area contributed by atoms with Crippen molar-refractivity contribution in [2.24, 2.45) is 11.3 Å². The van der Waals surface area contributed by atoms with Gasteiger partial charge in [-0.15, -0.1) is 0 Å². The molecule has 0 spiro atoms. The molecule has 0 bridgehead atoms. The van der Waals surface area contributed by atoms with Crippen LogP contribution in [0.5, 0.6) is 5.75 Å². The minimum absolute atomic E-state index is 0.155. The van der Waals surface area contributed by atoms with Crippen LogP contribution in [0, 0.1) is 11.3 Å². The number of carbonyl (C=O) groups is 2. The van der Waals surface area contributed by atoms with E-state index in [0.717, 1.165) is 41.2 Å². The first-order valence-electron chi connectivity index (χ1n) is 22.4. The fourth-order valence-electron chi connectivity index (χ4n) is 8.33. The van der Waals surface area contributed by atoms with Gasteiger partial charge in [0.05, 0.1) is 33.0 Å². The second-order valence-corrected chi connectivity index (χ2v) is 17.8. The molecule has 0 saturated heterocycles. The zero-order valence-electron chi connectivity index (χ0n) is 36.4. The summed E-state index contributed by atoms with van der Waals surface area (Å²) in [7, 11) is 0. The molecule has 2 aliphatic carbocycles. The Hall–Kier alpha value is -4.20. The molecule has 5 rings (SSSR count). The number of aliphatic hydroxyl groups is 2. The number of esters is 2. The SMILES string of the molecule is C=C(C)C(=O)OCCCc1cc(-c2ccc(-c3ccc(C4CCC(CCCCC)CC4)cc3)cc2C2CC2)cc(CCCOC(=O)C(=C)C)c1OCCC(C)(CO)CO. The molecule has 3 aromatic rings. The molecule has 0 atom stereocenters. The molecule has 2 fully saturated rings. The Morgan fingerprint density at radius 3 is 1.78 bits per heavy atom. The molecule has 0 heterocycles. The van der Waals surface area contributed by atoms with Gasteiger partial charge in [0.15, 0.2) is 0 Å². The minimum Gasteiger partial charge on any atom is -0.493 e. The lowest BCUT2D eigenvalue weighted by molar-refractivity contribution is -0.139. The van der Waals surface area contributed by atoms with Crippen molar-refractivity contribution in [3.8, 4) is 28.0 Å². The summed E-state index contributed by atoms with van der Waals surface area (Å²) >= 11 is 0. The normalized spacial score (nSPS) is 16.7. The van der Waals surface area contributed by atoms with Gasteiger partial charge in [-0.25, -0.2) is 9.59 Å². The highest BCUT2D eigenvalue weighted by atomic mass is 16.5. The number of aliphatic hydroxyl groups excluding tert-OH is 2. The maximum atomic E-state index is 12.2. The van der Waals surface area contributed by atoms with Gasteiger partial charge >= 0.3 is 11.9 Å². The van der Waals surface area contributed by atoms with E-state index >= 15 is 0 Å². The minimum atomic E-state index is -0.678. The quantitative estimate of drug-likeness (QED) is 0.0528. The van der Waals surface area contributed by atoms with Crippen LogP contribution < -0.4 is 4.74 Å². The Labute approximate surface area is 354 Å². The number of unbranched alkanes of at least 4 members (excludes halogenated alkanes) is 2. The molecule has 2 aliphatic rings. The van der Waals surface area contributed by atoms with E-state index in [1.807, 2.05) is 6.92 Å². The number of ether oxygens (including phenoxy) is 3. The zero-order chi connectivity index (χ0) is 42.4. The summed E-state index contributed by atoms with van der Waals surface area (Å²) in [4.78, 5) is 24.4. The standard InChI is InChI=1S/C52H70O7/c1-7-8-9-12-38-15-17-39(18-16-38)40-19-21-41(22-20-40)43-25-26-47(48(33-43)42-23-24-42)46-31-44(13-10-28-58-50(55)36(2)3)49(57-30-27-52(6,34-53)35-54)45(32-46)14-11-29-59-51(56)37(4)5/h19-22,25-26,31-33,38-39,42,53-54H,2,4,7-18,23-24,27-30,34-35H2,1,3,5-6H3. The highest BCUT2D eigenvalue weighted by molar-refractivity contribution is 5.87. The van der Waals surface area contributed by atoms with Crippen LogP contribution >= 0.6 is 0 Å². The zero-order valence-corrected chi connectivity index (χ0v) is 36.4. The molecule has 2 saturated carbocycles. The number of hydrogen-bond donors (Lipinski definition) is 2. The van der Waals surface area contributed by atoms with Crippen molar-refractivity contribution in [1.82, 2.24) is 0 Å². The molecule has 2 N–H and O–H groups in total. The van der Waals surface area contributed by atoms with Gasteiger partial charge < -0.3 is 24.4 Å². The summed E-state index contributed by atoms with van der Waals surface area (Å²) in [5.74, 6) is 2.01. The average Bonchev–Trinajstić information content (AvgIpc) is 4.10. The Balaban J connectivity index is 1.43. The summed E-state index contributed by atoms with van der Waals surface area (Å²) in [6.07, 6.45) is 15.9. The number of aryl methyl sites for hydroxylation is 2. The Morgan fingerprint density at radius 2 is 1.25 bits per heavy atom. The number of benzene rings is 3.